The zero-order chi connectivity index (χ0) is 30.0. The summed E-state index contributed by atoms with van der Waals surface area (Å²) in [5, 5.41) is 28.6. The molecule has 0 aliphatic carbocycles. The van der Waals surface area contributed by atoms with Crippen LogP contribution in [-0.2, 0) is 36.9 Å². The number of amides is 4. The van der Waals surface area contributed by atoms with E-state index in [-0.39, 0.29) is 32.0 Å². The molecule has 220 valence electrons. The highest BCUT2D eigenvalue weighted by Crippen LogP contribution is 2.04. The maximum Gasteiger partial charge on any atom is 0.407 e. The fraction of sp³-hybridized carbons (Fsp3) is 0.333. The van der Waals surface area contributed by atoms with Gasteiger partial charge < -0.3 is 42.2 Å². The zero-order valence-corrected chi connectivity index (χ0v) is 22.4. The first-order chi connectivity index (χ1) is 19.6. The minimum Gasteiger partial charge on any atom is -0.480 e. The van der Waals surface area contributed by atoms with Crippen molar-refractivity contribution in [2.24, 2.45) is 5.73 Å². The SMILES string of the molecule is N=C(N)NCCC[C@H](NC(=O)CNC(=O)[C@H](Cc1ccccc1)NC(=O)CNC(=O)OCc1ccccc1)C(=O)O. The van der Waals surface area contributed by atoms with Crippen LogP contribution in [0.25, 0.3) is 0 Å². The van der Waals surface area contributed by atoms with E-state index in [9.17, 15) is 29.1 Å². The largest absolute Gasteiger partial charge is 0.480 e. The minimum absolute atomic E-state index is 0.0213. The molecule has 9 N–H and O–H groups in total. The highest BCUT2D eigenvalue weighted by Gasteiger charge is 2.24. The van der Waals surface area contributed by atoms with Crippen molar-refractivity contribution in [3.05, 3.63) is 71.8 Å². The normalized spacial score (nSPS) is 11.7. The highest BCUT2D eigenvalue weighted by atomic mass is 16.5. The molecule has 0 fully saturated rings. The number of carboxylic acids is 1. The monoisotopic (exact) mass is 569 g/mol. The summed E-state index contributed by atoms with van der Waals surface area (Å²) in [7, 11) is 0. The van der Waals surface area contributed by atoms with Crippen LogP contribution in [-0.4, -0.2) is 72.6 Å². The van der Waals surface area contributed by atoms with Crippen molar-refractivity contribution in [2.75, 3.05) is 19.6 Å². The van der Waals surface area contributed by atoms with Crippen LogP contribution in [0.2, 0.25) is 0 Å². The van der Waals surface area contributed by atoms with E-state index in [0.717, 1.165) is 11.1 Å². The van der Waals surface area contributed by atoms with Gasteiger partial charge in [-0.3, -0.25) is 19.8 Å². The standard InChI is InChI=1S/C27H35N7O7/c28-26(29)30-13-7-12-20(25(38)39)33-22(35)15-31-24(37)21(14-18-8-3-1-4-9-18)34-23(36)16-32-27(40)41-17-19-10-5-2-6-11-19/h1-6,8-11,20-21H,7,12-17H2,(H,31,37)(H,32,40)(H,33,35)(H,34,36)(H,38,39)(H4,28,29,30)/t20-,21-/m0/s1. The van der Waals surface area contributed by atoms with Gasteiger partial charge in [0.2, 0.25) is 17.7 Å². The second-order valence-corrected chi connectivity index (χ2v) is 8.88. The van der Waals surface area contributed by atoms with Crippen LogP contribution in [0.3, 0.4) is 0 Å². The Morgan fingerprint density at radius 1 is 0.805 bits per heavy atom. The third-order valence-corrected chi connectivity index (χ3v) is 5.58. The number of carboxylic acid groups (broad SMARTS) is 1. The number of benzene rings is 2. The molecule has 14 nitrogen and oxygen atoms in total. The van der Waals surface area contributed by atoms with Gasteiger partial charge in [0.15, 0.2) is 5.96 Å². The van der Waals surface area contributed by atoms with E-state index < -0.39 is 55.0 Å². The van der Waals surface area contributed by atoms with E-state index in [1.165, 1.54) is 0 Å². The Morgan fingerprint density at radius 2 is 1.37 bits per heavy atom. The number of nitrogens with two attached hydrogens (primary N) is 1. The summed E-state index contributed by atoms with van der Waals surface area (Å²) in [6.45, 7) is -0.704. The van der Waals surface area contributed by atoms with Crippen molar-refractivity contribution in [3.63, 3.8) is 0 Å². The van der Waals surface area contributed by atoms with Crippen LogP contribution in [0.5, 0.6) is 0 Å². The average molecular weight is 570 g/mol. The second kappa shape index (κ2) is 17.4. The number of ether oxygens (including phenoxy) is 1. The Hall–Kier alpha value is -5.14. The molecular formula is C27H35N7O7. The lowest BCUT2D eigenvalue weighted by Crippen LogP contribution is -2.53. The summed E-state index contributed by atoms with van der Waals surface area (Å²) < 4.78 is 5.07. The topological polar surface area (TPSA) is 225 Å². The van der Waals surface area contributed by atoms with Gasteiger partial charge in [0.25, 0.3) is 0 Å². The molecule has 0 unspecified atom stereocenters. The Kier molecular flexibility index (Phi) is 13.6. The van der Waals surface area contributed by atoms with Gasteiger partial charge in [0, 0.05) is 13.0 Å². The number of rotatable bonds is 16. The van der Waals surface area contributed by atoms with Gasteiger partial charge in [0.05, 0.1) is 6.54 Å². The summed E-state index contributed by atoms with van der Waals surface area (Å²) in [5.74, 6) is -3.58. The molecule has 0 saturated carbocycles. The predicted octanol–water partition coefficient (Wildman–Crippen LogP) is -0.411. The van der Waals surface area contributed by atoms with E-state index in [4.69, 9.17) is 15.9 Å². The smallest absolute Gasteiger partial charge is 0.407 e. The van der Waals surface area contributed by atoms with Crippen LogP contribution in [0, 0.1) is 5.41 Å². The van der Waals surface area contributed by atoms with E-state index in [1.807, 2.05) is 6.07 Å². The number of hydrogen-bond donors (Lipinski definition) is 8. The molecule has 0 aliphatic rings. The Bertz CT molecular complexity index is 1180. The average Bonchev–Trinajstić information content (AvgIpc) is 2.95. The number of alkyl carbamates (subject to hydrolysis) is 1. The third-order valence-electron chi connectivity index (χ3n) is 5.58. The molecule has 0 radical (unpaired) electrons. The first kappa shape index (κ1) is 32.1. The van der Waals surface area contributed by atoms with Crippen LogP contribution in [0.4, 0.5) is 4.79 Å². The molecule has 0 spiro atoms. The minimum atomic E-state index is -1.25. The Balaban J connectivity index is 1.88. The van der Waals surface area contributed by atoms with Gasteiger partial charge >= 0.3 is 12.1 Å². The zero-order valence-electron chi connectivity index (χ0n) is 22.4. The molecule has 4 amide bonds. The number of nitrogens with one attached hydrogen (secondary N) is 6. The summed E-state index contributed by atoms with van der Waals surface area (Å²) in [5.41, 5.74) is 6.69. The highest BCUT2D eigenvalue weighted by molar-refractivity contribution is 5.92. The van der Waals surface area contributed by atoms with Crippen molar-refractivity contribution in [3.8, 4) is 0 Å². The molecule has 2 aromatic carbocycles. The van der Waals surface area contributed by atoms with E-state index in [1.54, 1.807) is 54.6 Å². The van der Waals surface area contributed by atoms with E-state index >= 15 is 0 Å². The number of hydrogen-bond acceptors (Lipinski definition) is 7. The second-order valence-electron chi connectivity index (χ2n) is 8.88. The summed E-state index contributed by atoms with van der Waals surface area (Å²) in [4.78, 5) is 61.2. The van der Waals surface area contributed by atoms with Crippen LogP contribution in [0.1, 0.15) is 24.0 Å². The fourth-order valence-electron chi connectivity index (χ4n) is 3.55. The van der Waals surface area contributed by atoms with Gasteiger partial charge in [-0.2, -0.15) is 0 Å². The molecule has 2 atom stereocenters. The number of carbonyl (C=O) groups is 5. The quantitative estimate of drug-likeness (QED) is 0.0746. The summed E-state index contributed by atoms with van der Waals surface area (Å²) >= 11 is 0. The van der Waals surface area contributed by atoms with Crippen molar-refractivity contribution in [1.82, 2.24) is 26.6 Å². The molecule has 2 rings (SSSR count). The van der Waals surface area contributed by atoms with E-state index in [0.29, 0.717) is 6.42 Å². The number of carbonyl (C=O) groups excluding carboxylic acids is 4. The first-order valence-electron chi connectivity index (χ1n) is 12.8. The summed E-state index contributed by atoms with van der Waals surface area (Å²) in [6, 6.07) is 15.5. The third kappa shape index (κ3) is 13.5. The Morgan fingerprint density at radius 3 is 1.95 bits per heavy atom. The predicted molar refractivity (Wildman–Crippen MR) is 148 cm³/mol. The van der Waals surface area contributed by atoms with Gasteiger partial charge in [-0.1, -0.05) is 60.7 Å². The molecule has 0 heterocycles. The molecule has 41 heavy (non-hydrogen) atoms. The molecule has 0 aromatic heterocycles. The lowest BCUT2D eigenvalue weighted by atomic mass is 10.1. The molecule has 2 aromatic rings. The molecular weight excluding hydrogens is 534 g/mol. The van der Waals surface area contributed by atoms with Gasteiger partial charge in [0.1, 0.15) is 25.2 Å². The van der Waals surface area contributed by atoms with Crippen molar-refractivity contribution in [1.29, 1.82) is 5.41 Å². The van der Waals surface area contributed by atoms with Crippen LogP contribution in [0.15, 0.2) is 60.7 Å². The maximum absolute atomic E-state index is 12.9. The lowest BCUT2D eigenvalue weighted by molar-refractivity contribution is -0.142. The van der Waals surface area contributed by atoms with Crippen molar-refractivity contribution < 1.29 is 33.8 Å². The first-order valence-corrected chi connectivity index (χ1v) is 12.8. The van der Waals surface area contributed by atoms with Crippen LogP contribution < -0.4 is 32.3 Å². The molecule has 0 aliphatic heterocycles. The number of guanidine groups is 1. The number of aliphatic carboxylic acids is 1. The van der Waals surface area contributed by atoms with Gasteiger partial charge in [-0.15, -0.1) is 0 Å². The lowest BCUT2D eigenvalue weighted by Gasteiger charge is -2.19. The fourth-order valence-corrected chi connectivity index (χ4v) is 3.55. The van der Waals surface area contributed by atoms with Crippen molar-refractivity contribution >= 4 is 35.7 Å². The molecule has 0 saturated heterocycles. The maximum atomic E-state index is 12.9. The summed E-state index contributed by atoms with van der Waals surface area (Å²) in [6.07, 6.45) is -0.320. The molecule has 14 heteroatoms. The van der Waals surface area contributed by atoms with Gasteiger partial charge in [-0.05, 0) is 24.0 Å². The van der Waals surface area contributed by atoms with Crippen molar-refractivity contribution in [2.45, 2.75) is 38.0 Å². The van der Waals surface area contributed by atoms with E-state index in [2.05, 4.69) is 26.6 Å². The Labute approximate surface area is 236 Å². The van der Waals surface area contributed by atoms with Crippen LogP contribution >= 0.6 is 0 Å². The van der Waals surface area contributed by atoms with Gasteiger partial charge in [-0.25, -0.2) is 9.59 Å². The molecule has 0 bridgehead atoms.